The standard InChI is InChI=1S/C14H11ClN4O3/c15-10-4-8(5-11(20)17-10)12-18-14(22-19-12)9-6-21-13(16-9)7-2-1-3-7/h4-7H,1-3H2,(H,17,20). The molecular formula is C14H11ClN4O3. The fraction of sp³-hybridized carbons (Fsp3) is 0.286. The maximum Gasteiger partial charge on any atom is 0.280 e. The van der Waals surface area contributed by atoms with Crippen LogP contribution in [0.3, 0.4) is 0 Å². The number of halogens is 1. The van der Waals surface area contributed by atoms with Crippen LogP contribution in [0.4, 0.5) is 0 Å². The van der Waals surface area contributed by atoms with Gasteiger partial charge in [-0.05, 0) is 18.9 Å². The Hall–Kier alpha value is -2.41. The number of pyridine rings is 1. The van der Waals surface area contributed by atoms with Crippen molar-refractivity contribution in [3.63, 3.8) is 0 Å². The smallest absolute Gasteiger partial charge is 0.280 e. The summed E-state index contributed by atoms with van der Waals surface area (Å²) >= 11 is 5.82. The number of rotatable bonds is 3. The monoisotopic (exact) mass is 318 g/mol. The molecular weight excluding hydrogens is 308 g/mol. The molecule has 1 aliphatic carbocycles. The number of aromatic nitrogens is 4. The summed E-state index contributed by atoms with van der Waals surface area (Å²) in [4.78, 5) is 22.5. The second-order valence-corrected chi connectivity index (χ2v) is 5.61. The fourth-order valence-electron chi connectivity index (χ4n) is 2.31. The molecule has 112 valence electrons. The summed E-state index contributed by atoms with van der Waals surface area (Å²) in [6.07, 6.45) is 4.91. The predicted molar refractivity (Wildman–Crippen MR) is 77.5 cm³/mol. The van der Waals surface area contributed by atoms with E-state index in [2.05, 4.69) is 20.1 Å². The first-order chi connectivity index (χ1) is 10.7. The third-order valence-corrected chi connectivity index (χ3v) is 3.89. The lowest BCUT2D eigenvalue weighted by atomic mass is 9.85. The molecule has 8 heteroatoms. The summed E-state index contributed by atoms with van der Waals surface area (Å²) in [5.41, 5.74) is 0.644. The van der Waals surface area contributed by atoms with Gasteiger partial charge in [0.2, 0.25) is 11.4 Å². The second-order valence-electron chi connectivity index (χ2n) is 5.20. The molecule has 0 bridgehead atoms. The van der Waals surface area contributed by atoms with Gasteiger partial charge in [0.05, 0.1) is 0 Å². The van der Waals surface area contributed by atoms with Crippen LogP contribution in [0.15, 0.2) is 32.1 Å². The number of hydrogen-bond donors (Lipinski definition) is 1. The van der Waals surface area contributed by atoms with E-state index < -0.39 is 0 Å². The van der Waals surface area contributed by atoms with Crippen LogP contribution in [-0.4, -0.2) is 20.1 Å². The quantitative estimate of drug-likeness (QED) is 0.745. The van der Waals surface area contributed by atoms with Crippen LogP contribution in [0, 0.1) is 0 Å². The van der Waals surface area contributed by atoms with Gasteiger partial charge in [-0.25, -0.2) is 4.98 Å². The molecule has 1 saturated carbocycles. The van der Waals surface area contributed by atoms with Crippen molar-refractivity contribution in [1.29, 1.82) is 0 Å². The number of H-pyrrole nitrogens is 1. The molecule has 0 spiro atoms. The van der Waals surface area contributed by atoms with E-state index in [0.29, 0.717) is 23.1 Å². The molecule has 0 radical (unpaired) electrons. The van der Waals surface area contributed by atoms with Crippen LogP contribution in [0.1, 0.15) is 31.1 Å². The molecule has 0 unspecified atom stereocenters. The molecule has 0 saturated heterocycles. The summed E-state index contributed by atoms with van der Waals surface area (Å²) in [6.45, 7) is 0. The van der Waals surface area contributed by atoms with E-state index in [1.807, 2.05) is 0 Å². The van der Waals surface area contributed by atoms with Crippen molar-refractivity contribution in [3.05, 3.63) is 39.8 Å². The average molecular weight is 319 g/mol. The van der Waals surface area contributed by atoms with E-state index in [-0.39, 0.29) is 22.4 Å². The van der Waals surface area contributed by atoms with E-state index in [1.54, 1.807) is 6.07 Å². The molecule has 0 atom stereocenters. The van der Waals surface area contributed by atoms with Crippen LogP contribution in [0.25, 0.3) is 23.0 Å². The summed E-state index contributed by atoms with van der Waals surface area (Å²) in [5, 5.41) is 4.06. The van der Waals surface area contributed by atoms with Gasteiger partial charge in [0.1, 0.15) is 11.4 Å². The zero-order valence-electron chi connectivity index (χ0n) is 11.4. The number of hydrogen-bond acceptors (Lipinski definition) is 6. The highest BCUT2D eigenvalue weighted by Gasteiger charge is 2.25. The van der Waals surface area contributed by atoms with E-state index in [4.69, 9.17) is 20.5 Å². The van der Waals surface area contributed by atoms with Crippen LogP contribution in [0.5, 0.6) is 0 Å². The SMILES string of the molecule is O=c1cc(-c2noc(-c3coc(C4CCC4)n3)n2)cc(Cl)[nH]1. The minimum Gasteiger partial charge on any atom is -0.448 e. The van der Waals surface area contributed by atoms with Gasteiger partial charge in [-0.15, -0.1) is 0 Å². The van der Waals surface area contributed by atoms with E-state index in [1.165, 1.54) is 18.8 Å². The Labute approximate surface area is 129 Å². The fourth-order valence-corrected chi connectivity index (χ4v) is 2.52. The first kappa shape index (κ1) is 13.3. The minimum absolute atomic E-state index is 0.211. The maximum atomic E-state index is 11.4. The Morgan fingerprint density at radius 1 is 1.27 bits per heavy atom. The van der Waals surface area contributed by atoms with Crippen LogP contribution < -0.4 is 5.56 Å². The molecule has 22 heavy (non-hydrogen) atoms. The Kier molecular flexibility index (Phi) is 3.07. The molecule has 1 N–H and O–H groups in total. The Balaban J connectivity index is 1.65. The van der Waals surface area contributed by atoms with Gasteiger partial charge in [0, 0.05) is 17.5 Å². The average Bonchev–Trinajstić information content (AvgIpc) is 3.03. The first-order valence-corrected chi connectivity index (χ1v) is 7.26. The number of oxazole rings is 1. The molecule has 0 aliphatic heterocycles. The summed E-state index contributed by atoms with van der Waals surface area (Å²) < 4.78 is 10.7. The lowest BCUT2D eigenvalue weighted by Gasteiger charge is -2.21. The largest absolute Gasteiger partial charge is 0.448 e. The van der Waals surface area contributed by atoms with Gasteiger partial charge in [-0.3, -0.25) is 4.79 Å². The van der Waals surface area contributed by atoms with Crippen molar-refractivity contribution >= 4 is 11.6 Å². The summed E-state index contributed by atoms with van der Waals surface area (Å²) in [7, 11) is 0. The first-order valence-electron chi connectivity index (χ1n) is 6.89. The third-order valence-electron chi connectivity index (χ3n) is 3.69. The number of nitrogens with one attached hydrogen (secondary N) is 1. The van der Waals surface area contributed by atoms with Gasteiger partial charge in [-0.1, -0.05) is 23.2 Å². The zero-order valence-corrected chi connectivity index (χ0v) is 12.1. The molecule has 0 aromatic carbocycles. The Morgan fingerprint density at radius 2 is 2.14 bits per heavy atom. The Morgan fingerprint density at radius 3 is 2.86 bits per heavy atom. The summed E-state index contributed by atoms with van der Waals surface area (Å²) in [6, 6.07) is 2.91. The van der Waals surface area contributed by atoms with Crippen molar-refractivity contribution in [3.8, 4) is 23.0 Å². The van der Waals surface area contributed by atoms with Gasteiger partial charge in [0.25, 0.3) is 5.89 Å². The van der Waals surface area contributed by atoms with Crippen LogP contribution >= 0.6 is 11.6 Å². The highest BCUT2D eigenvalue weighted by molar-refractivity contribution is 6.29. The van der Waals surface area contributed by atoms with Crippen molar-refractivity contribution < 1.29 is 8.94 Å². The lowest BCUT2D eigenvalue weighted by Crippen LogP contribution is -2.08. The number of aromatic amines is 1. The molecule has 1 aliphatic rings. The maximum absolute atomic E-state index is 11.4. The minimum atomic E-state index is -0.331. The molecule has 7 nitrogen and oxygen atoms in total. The van der Waals surface area contributed by atoms with Gasteiger partial charge >= 0.3 is 0 Å². The van der Waals surface area contributed by atoms with E-state index >= 15 is 0 Å². The van der Waals surface area contributed by atoms with Gasteiger partial charge in [-0.2, -0.15) is 4.98 Å². The van der Waals surface area contributed by atoms with E-state index in [9.17, 15) is 4.79 Å². The topological polar surface area (TPSA) is 97.8 Å². The van der Waals surface area contributed by atoms with Crippen molar-refractivity contribution in [1.82, 2.24) is 20.1 Å². The van der Waals surface area contributed by atoms with Gasteiger partial charge < -0.3 is 13.9 Å². The van der Waals surface area contributed by atoms with Crippen molar-refractivity contribution in [2.24, 2.45) is 0 Å². The zero-order chi connectivity index (χ0) is 15.1. The normalized spacial score (nSPS) is 15.0. The number of nitrogens with zero attached hydrogens (tertiary/aromatic N) is 3. The van der Waals surface area contributed by atoms with Crippen LogP contribution in [-0.2, 0) is 0 Å². The van der Waals surface area contributed by atoms with E-state index in [0.717, 1.165) is 12.8 Å². The second kappa shape index (κ2) is 5.10. The Bertz CT molecular complexity index is 878. The predicted octanol–water partition coefficient (Wildman–Crippen LogP) is 3.00. The van der Waals surface area contributed by atoms with Crippen LogP contribution in [0.2, 0.25) is 5.15 Å². The van der Waals surface area contributed by atoms with Crippen molar-refractivity contribution in [2.45, 2.75) is 25.2 Å². The highest BCUT2D eigenvalue weighted by Crippen LogP contribution is 2.36. The molecule has 3 aromatic rings. The van der Waals surface area contributed by atoms with Gasteiger partial charge in [0.15, 0.2) is 11.6 Å². The molecule has 3 heterocycles. The molecule has 4 rings (SSSR count). The summed E-state index contributed by atoms with van der Waals surface area (Å²) in [5.74, 6) is 1.62. The van der Waals surface area contributed by atoms with Crippen molar-refractivity contribution in [2.75, 3.05) is 0 Å². The molecule has 0 amide bonds. The lowest BCUT2D eigenvalue weighted by molar-refractivity contribution is 0.335. The molecule has 1 fully saturated rings. The third kappa shape index (κ3) is 2.33. The molecule has 3 aromatic heterocycles. The highest BCUT2D eigenvalue weighted by atomic mass is 35.5.